The Bertz CT molecular complexity index is 177. The van der Waals surface area contributed by atoms with Crippen molar-refractivity contribution in [3.8, 4) is 24.2 Å². The van der Waals surface area contributed by atoms with E-state index in [1.807, 2.05) is 6.92 Å². The number of rotatable bonds is 2. The van der Waals surface area contributed by atoms with Gasteiger partial charge in [-0.15, -0.1) is 18.3 Å². The van der Waals surface area contributed by atoms with Gasteiger partial charge in [0.2, 0.25) is 0 Å². The Hall–Kier alpha value is -0.920. The summed E-state index contributed by atoms with van der Waals surface area (Å²) in [7, 11) is 0. The first-order valence-electron chi connectivity index (χ1n) is 3.26. The Kier molecular flexibility index (Phi) is 4.46. The summed E-state index contributed by atoms with van der Waals surface area (Å²) in [5.41, 5.74) is 0. The minimum absolute atomic E-state index is 0.0810. The van der Waals surface area contributed by atoms with Crippen molar-refractivity contribution in [1.82, 2.24) is 0 Å². The van der Waals surface area contributed by atoms with Crippen LogP contribution in [0.5, 0.6) is 0 Å². The molecule has 2 unspecified atom stereocenters. The molecule has 1 N–H and O–H groups in total. The molecule has 0 aliphatic carbocycles. The molecule has 0 fully saturated rings. The number of terminal acetylenes is 1. The Morgan fingerprint density at radius 2 is 2.20 bits per heavy atom. The Morgan fingerprint density at radius 3 is 2.60 bits per heavy atom. The molecule has 0 rings (SSSR count). The SMILES string of the molecule is C#CC(O)C(C)CC#CC. The molecule has 0 bridgehead atoms. The normalized spacial score (nSPS) is 14.2. The highest BCUT2D eigenvalue weighted by Crippen LogP contribution is 2.05. The van der Waals surface area contributed by atoms with Crippen molar-refractivity contribution >= 4 is 0 Å². The first-order valence-corrected chi connectivity index (χ1v) is 3.26. The molecule has 0 aromatic carbocycles. The zero-order chi connectivity index (χ0) is 7.98. The van der Waals surface area contributed by atoms with Crippen molar-refractivity contribution < 1.29 is 5.11 Å². The molecule has 0 aromatic rings. The molecule has 0 aromatic heterocycles. The molecule has 0 saturated carbocycles. The monoisotopic (exact) mass is 136 g/mol. The van der Waals surface area contributed by atoms with E-state index in [1.54, 1.807) is 6.92 Å². The van der Waals surface area contributed by atoms with Gasteiger partial charge in [0.05, 0.1) is 0 Å². The third kappa shape index (κ3) is 3.17. The lowest BCUT2D eigenvalue weighted by atomic mass is 10.0. The van der Waals surface area contributed by atoms with E-state index in [4.69, 9.17) is 11.5 Å². The summed E-state index contributed by atoms with van der Waals surface area (Å²) >= 11 is 0. The second-order valence-corrected chi connectivity index (χ2v) is 2.22. The molecule has 0 heterocycles. The lowest BCUT2D eigenvalue weighted by Crippen LogP contribution is -2.13. The topological polar surface area (TPSA) is 20.2 Å². The molecule has 1 nitrogen and oxygen atoms in total. The highest BCUT2D eigenvalue weighted by molar-refractivity contribution is 5.02. The Labute approximate surface area is 62.5 Å². The summed E-state index contributed by atoms with van der Waals surface area (Å²) in [5.74, 6) is 7.95. The first-order chi connectivity index (χ1) is 4.72. The van der Waals surface area contributed by atoms with Gasteiger partial charge < -0.3 is 5.11 Å². The van der Waals surface area contributed by atoms with Crippen molar-refractivity contribution in [2.75, 3.05) is 0 Å². The predicted octanol–water partition coefficient (Wildman–Crippen LogP) is 1.03. The van der Waals surface area contributed by atoms with Gasteiger partial charge in [-0.2, -0.15) is 0 Å². The summed E-state index contributed by atoms with van der Waals surface area (Å²) in [6.07, 6.45) is 5.01. The van der Waals surface area contributed by atoms with Crippen LogP contribution in [0.25, 0.3) is 0 Å². The third-order valence-electron chi connectivity index (χ3n) is 1.31. The van der Waals surface area contributed by atoms with Gasteiger partial charge in [0.25, 0.3) is 0 Å². The molecule has 54 valence electrons. The molecule has 10 heavy (non-hydrogen) atoms. The maximum absolute atomic E-state index is 9.05. The Balaban J connectivity index is 3.71. The molecule has 0 radical (unpaired) electrons. The largest absolute Gasteiger partial charge is 0.380 e. The highest BCUT2D eigenvalue weighted by atomic mass is 16.3. The average molecular weight is 136 g/mol. The fourth-order valence-corrected chi connectivity index (χ4v) is 0.539. The van der Waals surface area contributed by atoms with E-state index in [9.17, 15) is 0 Å². The summed E-state index contributed by atoms with van der Waals surface area (Å²) in [4.78, 5) is 0. The minimum Gasteiger partial charge on any atom is -0.380 e. The summed E-state index contributed by atoms with van der Waals surface area (Å²) in [6, 6.07) is 0. The maximum Gasteiger partial charge on any atom is 0.117 e. The first kappa shape index (κ1) is 9.08. The standard InChI is InChI=1S/C9H12O/c1-4-6-7-8(3)9(10)5-2/h2,8-10H,7H2,1,3H3. The van der Waals surface area contributed by atoms with Crippen LogP contribution in [0.2, 0.25) is 0 Å². The van der Waals surface area contributed by atoms with Crippen LogP contribution in [0, 0.1) is 30.1 Å². The molecule has 0 amide bonds. The molecule has 0 aliphatic rings. The molecule has 0 spiro atoms. The van der Waals surface area contributed by atoms with Gasteiger partial charge in [-0.25, -0.2) is 0 Å². The van der Waals surface area contributed by atoms with Crippen LogP contribution in [0.15, 0.2) is 0 Å². The minimum atomic E-state index is -0.652. The zero-order valence-electron chi connectivity index (χ0n) is 6.39. The van der Waals surface area contributed by atoms with Gasteiger partial charge >= 0.3 is 0 Å². The molecular weight excluding hydrogens is 124 g/mol. The van der Waals surface area contributed by atoms with Crippen LogP contribution in [-0.2, 0) is 0 Å². The quantitative estimate of drug-likeness (QED) is 0.562. The van der Waals surface area contributed by atoms with E-state index < -0.39 is 6.10 Å². The van der Waals surface area contributed by atoms with Crippen LogP contribution in [-0.4, -0.2) is 11.2 Å². The van der Waals surface area contributed by atoms with Gasteiger partial charge in [0.1, 0.15) is 6.10 Å². The van der Waals surface area contributed by atoms with Gasteiger partial charge in [-0.1, -0.05) is 12.8 Å². The molecular formula is C9H12O. The van der Waals surface area contributed by atoms with Crippen LogP contribution < -0.4 is 0 Å². The molecule has 1 heteroatoms. The van der Waals surface area contributed by atoms with E-state index in [1.165, 1.54) is 0 Å². The number of aliphatic hydroxyl groups is 1. The second-order valence-electron chi connectivity index (χ2n) is 2.22. The molecule has 0 aliphatic heterocycles. The van der Waals surface area contributed by atoms with Crippen LogP contribution >= 0.6 is 0 Å². The number of hydrogen-bond donors (Lipinski definition) is 1. The van der Waals surface area contributed by atoms with Crippen LogP contribution in [0.4, 0.5) is 0 Å². The van der Waals surface area contributed by atoms with E-state index >= 15 is 0 Å². The summed E-state index contributed by atoms with van der Waals surface area (Å²) in [6.45, 7) is 3.66. The summed E-state index contributed by atoms with van der Waals surface area (Å²) < 4.78 is 0. The number of aliphatic hydroxyl groups excluding tert-OH is 1. The number of hydrogen-bond acceptors (Lipinski definition) is 1. The van der Waals surface area contributed by atoms with Gasteiger partial charge in [0, 0.05) is 12.3 Å². The van der Waals surface area contributed by atoms with Crippen molar-refractivity contribution in [2.45, 2.75) is 26.4 Å². The predicted molar refractivity (Wildman–Crippen MR) is 42.1 cm³/mol. The van der Waals surface area contributed by atoms with Gasteiger partial charge in [0.15, 0.2) is 0 Å². The van der Waals surface area contributed by atoms with Crippen LogP contribution in [0.3, 0.4) is 0 Å². The van der Waals surface area contributed by atoms with E-state index in [-0.39, 0.29) is 5.92 Å². The average Bonchev–Trinajstić information content (AvgIpc) is 1.98. The fraction of sp³-hybridized carbons (Fsp3) is 0.556. The summed E-state index contributed by atoms with van der Waals surface area (Å²) in [5, 5.41) is 9.05. The molecule has 2 atom stereocenters. The third-order valence-corrected chi connectivity index (χ3v) is 1.31. The fourth-order valence-electron chi connectivity index (χ4n) is 0.539. The lowest BCUT2D eigenvalue weighted by molar-refractivity contribution is 0.174. The lowest BCUT2D eigenvalue weighted by Gasteiger charge is -2.08. The van der Waals surface area contributed by atoms with E-state index in [0.717, 1.165) is 0 Å². The van der Waals surface area contributed by atoms with Crippen LogP contribution in [0.1, 0.15) is 20.3 Å². The maximum atomic E-state index is 9.05. The van der Waals surface area contributed by atoms with Crippen molar-refractivity contribution in [3.63, 3.8) is 0 Å². The van der Waals surface area contributed by atoms with Gasteiger partial charge in [-0.3, -0.25) is 0 Å². The second kappa shape index (κ2) is 4.91. The smallest absolute Gasteiger partial charge is 0.117 e. The molecule has 0 saturated heterocycles. The van der Waals surface area contributed by atoms with Crippen molar-refractivity contribution in [1.29, 1.82) is 0 Å². The highest BCUT2D eigenvalue weighted by Gasteiger charge is 2.08. The van der Waals surface area contributed by atoms with Gasteiger partial charge in [-0.05, 0) is 6.92 Å². The Morgan fingerprint density at radius 1 is 1.60 bits per heavy atom. The zero-order valence-corrected chi connectivity index (χ0v) is 6.39. The van der Waals surface area contributed by atoms with Crippen molar-refractivity contribution in [2.24, 2.45) is 5.92 Å². The van der Waals surface area contributed by atoms with Crippen molar-refractivity contribution in [3.05, 3.63) is 0 Å². The van der Waals surface area contributed by atoms with E-state index in [2.05, 4.69) is 17.8 Å². The van der Waals surface area contributed by atoms with E-state index in [0.29, 0.717) is 6.42 Å².